The molecule has 2 N–H and O–H groups in total. The first-order valence-electron chi connectivity index (χ1n) is 15.9. The summed E-state index contributed by atoms with van der Waals surface area (Å²) in [6.45, 7) is 11.3. The first-order valence-corrected chi connectivity index (χ1v) is 19.7. The molecule has 0 aliphatic carbocycles. The molecule has 1 heterocycles. The number of carbonyl (C=O) groups excluding carboxylic acids is 1. The summed E-state index contributed by atoms with van der Waals surface area (Å²) in [4.78, 5) is 14.1. The van der Waals surface area contributed by atoms with E-state index in [1.807, 2.05) is 39.5 Å². The SMILES string of the molecule is CCN(CCCS(=O)(=O)[O-])c1ccc(N=Nc2c(C#N)c(C(C)(C)C)nn2-c2c(Cl)cc(NS(=O)(=O)c3ccc(C)cc3)cc2Cl)c(NC(C)=O)c1.[Na+]. The monoisotopic (exact) mass is 810 g/mol. The Balaban J connectivity index is 0.00000756. The Morgan fingerprint density at radius 1 is 1.04 bits per heavy atom. The molecule has 0 bridgehead atoms. The number of benzene rings is 3. The second-order valence-electron chi connectivity index (χ2n) is 12.8. The maximum atomic E-state index is 13.1. The number of azo groups is 1. The number of carbonyl (C=O) groups is 1. The molecule has 0 fully saturated rings. The van der Waals surface area contributed by atoms with Crippen LogP contribution in [0.4, 0.5) is 28.6 Å². The average molecular weight is 812 g/mol. The molecule has 14 nitrogen and oxygen atoms in total. The second kappa shape index (κ2) is 17.7. The maximum absolute atomic E-state index is 13.1. The van der Waals surface area contributed by atoms with Crippen LogP contribution in [0.15, 0.2) is 69.7 Å². The topological polar surface area (TPSA) is 202 Å². The fraction of sp³-hybridized carbons (Fsp3) is 0.324. The molecule has 0 aliphatic heterocycles. The second-order valence-corrected chi connectivity index (χ2v) is 16.8. The molecule has 0 spiro atoms. The number of amides is 1. The smallest absolute Gasteiger partial charge is 0.748 e. The van der Waals surface area contributed by atoms with E-state index in [4.69, 9.17) is 23.2 Å². The predicted octanol–water partition coefficient (Wildman–Crippen LogP) is 4.60. The fourth-order valence-electron chi connectivity index (χ4n) is 5.14. The molecule has 276 valence electrons. The summed E-state index contributed by atoms with van der Waals surface area (Å²) in [5, 5.41) is 26.5. The molecular formula is C34H37Cl2N8NaO6S2. The first kappa shape index (κ1) is 43.9. The Hall–Kier alpha value is -3.53. The van der Waals surface area contributed by atoms with Crippen LogP contribution in [0, 0.1) is 18.3 Å². The summed E-state index contributed by atoms with van der Waals surface area (Å²) in [7, 11) is -8.36. The zero-order chi connectivity index (χ0) is 38.6. The minimum Gasteiger partial charge on any atom is -0.748 e. The molecule has 19 heteroatoms. The number of hydrogen-bond acceptors (Lipinski definition) is 11. The van der Waals surface area contributed by atoms with Gasteiger partial charge in [-0.25, -0.2) is 21.5 Å². The summed E-state index contributed by atoms with van der Waals surface area (Å²) in [5.41, 5.74) is 1.98. The number of nitrogens with one attached hydrogen (secondary N) is 2. The zero-order valence-corrected chi connectivity index (χ0v) is 35.4. The van der Waals surface area contributed by atoms with Gasteiger partial charge in [-0.1, -0.05) is 61.7 Å². The largest absolute Gasteiger partial charge is 1.00 e. The van der Waals surface area contributed by atoms with Crippen molar-refractivity contribution < 1.29 is 55.7 Å². The van der Waals surface area contributed by atoms with Crippen molar-refractivity contribution in [3.63, 3.8) is 0 Å². The molecule has 1 amide bonds. The summed E-state index contributed by atoms with van der Waals surface area (Å²) in [5.74, 6) is -0.945. The van der Waals surface area contributed by atoms with Gasteiger partial charge in [0.05, 0.1) is 42.1 Å². The molecule has 0 radical (unpaired) electrons. The van der Waals surface area contributed by atoms with Crippen molar-refractivity contribution in [1.82, 2.24) is 9.78 Å². The van der Waals surface area contributed by atoms with Gasteiger partial charge in [0.25, 0.3) is 10.0 Å². The zero-order valence-electron chi connectivity index (χ0n) is 30.2. The van der Waals surface area contributed by atoms with Crippen molar-refractivity contribution in [2.24, 2.45) is 10.2 Å². The minimum absolute atomic E-state index is 0. The van der Waals surface area contributed by atoms with E-state index in [0.29, 0.717) is 17.9 Å². The van der Waals surface area contributed by atoms with Crippen LogP contribution >= 0.6 is 23.2 Å². The van der Waals surface area contributed by atoms with Gasteiger partial charge in [-0.05, 0) is 62.7 Å². The van der Waals surface area contributed by atoms with E-state index in [2.05, 4.69) is 31.4 Å². The van der Waals surface area contributed by atoms with Gasteiger partial charge in [0.15, 0.2) is 5.82 Å². The number of anilines is 3. The molecule has 0 saturated heterocycles. The van der Waals surface area contributed by atoms with E-state index in [1.165, 1.54) is 35.9 Å². The number of hydrogen-bond donors (Lipinski definition) is 2. The molecule has 0 atom stereocenters. The number of nitriles is 1. The Morgan fingerprint density at radius 2 is 1.66 bits per heavy atom. The van der Waals surface area contributed by atoms with E-state index in [0.717, 1.165) is 5.56 Å². The number of halogens is 2. The third-order valence-electron chi connectivity index (χ3n) is 7.61. The van der Waals surface area contributed by atoms with Crippen LogP contribution in [-0.2, 0) is 30.4 Å². The van der Waals surface area contributed by atoms with Gasteiger partial charge in [-0.3, -0.25) is 9.52 Å². The standard InChI is InChI=1S/C34H38Cl2N8O6S2.Na/c1-7-43(15-8-16-51(46,47)48)24-11-14-29(30(19-24)38-22(3)45)39-40-33-26(20-37)32(34(4,5)6)41-44(33)31-27(35)17-23(18-28(31)36)42-52(49,50)25-12-9-21(2)10-13-25;/h9-14,17-19,42H,7-8,15-16H2,1-6H3,(H,38,45)(H,46,47,48);/q;+1/p-1. The number of aryl methyl sites for hydroxylation is 1. The Labute approximate surface area is 341 Å². The predicted molar refractivity (Wildman–Crippen MR) is 201 cm³/mol. The summed E-state index contributed by atoms with van der Waals surface area (Å²) in [6, 6.07) is 16.1. The van der Waals surface area contributed by atoms with Crippen LogP contribution in [0.2, 0.25) is 10.0 Å². The third kappa shape index (κ3) is 11.2. The van der Waals surface area contributed by atoms with Crippen molar-refractivity contribution in [3.8, 4) is 11.8 Å². The quantitative estimate of drug-likeness (QED) is 0.110. The van der Waals surface area contributed by atoms with Crippen molar-refractivity contribution in [3.05, 3.63) is 81.5 Å². The summed E-state index contributed by atoms with van der Waals surface area (Å²) < 4.78 is 63.2. The van der Waals surface area contributed by atoms with Crippen LogP contribution < -0.4 is 44.5 Å². The first-order chi connectivity index (χ1) is 24.2. The number of aromatic nitrogens is 2. The maximum Gasteiger partial charge on any atom is 1.00 e. The van der Waals surface area contributed by atoms with Crippen molar-refractivity contribution in [2.75, 3.05) is 33.8 Å². The molecule has 1 aromatic heterocycles. The van der Waals surface area contributed by atoms with E-state index < -0.39 is 37.2 Å². The van der Waals surface area contributed by atoms with Gasteiger partial charge < -0.3 is 14.8 Å². The molecule has 3 aromatic carbocycles. The van der Waals surface area contributed by atoms with Gasteiger partial charge in [0, 0.05) is 36.9 Å². The molecule has 4 aromatic rings. The Morgan fingerprint density at radius 3 is 2.19 bits per heavy atom. The molecule has 0 saturated carbocycles. The normalized spacial score (nSPS) is 11.9. The summed E-state index contributed by atoms with van der Waals surface area (Å²) in [6.07, 6.45) is 0.109. The van der Waals surface area contributed by atoms with Crippen LogP contribution in [0.5, 0.6) is 0 Å². The van der Waals surface area contributed by atoms with Gasteiger partial charge in [-0.15, -0.1) is 10.2 Å². The van der Waals surface area contributed by atoms with Crippen molar-refractivity contribution in [1.29, 1.82) is 5.26 Å². The number of rotatable bonds is 13. The fourth-order valence-corrected chi connectivity index (χ4v) is 7.31. The van der Waals surface area contributed by atoms with Crippen LogP contribution in [0.1, 0.15) is 57.9 Å². The van der Waals surface area contributed by atoms with E-state index in [1.54, 1.807) is 30.3 Å². The Kier molecular flexibility index (Phi) is 14.7. The van der Waals surface area contributed by atoms with Crippen molar-refractivity contribution >= 4 is 77.8 Å². The molecule has 53 heavy (non-hydrogen) atoms. The van der Waals surface area contributed by atoms with Crippen LogP contribution in [0.25, 0.3) is 5.69 Å². The molecule has 0 aliphatic rings. The molecular weight excluding hydrogens is 774 g/mol. The van der Waals surface area contributed by atoms with E-state index in [9.17, 15) is 31.4 Å². The Bertz CT molecular complexity index is 2260. The van der Waals surface area contributed by atoms with E-state index >= 15 is 0 Å². The number of sulfonamides is 1. The van der Waals surface area contributed by atoms with Crippen LogP contribution in [0.3, 0.4) is 0 Å². The van der Waals surface area contributed by atoms with Crippen LogP contribution in [-0.4, -0.2) is 55.9 Å². The number of nitrogens with zero attached hydrogens (tertiary/aromatic N) is 6. The molecule has 4 rings (SSSR count). The van der Waals surface area contributed by atoms with Gasteiger partial charge in [0.1, 0.15) is 23.0 Å². The van der Waals surface area contributed by atoms with Gasteiger partial charge >= 0.3 is 29.6 Å². The third-order valence-corrected chi connectivity index (χ3v) is 10.4. The summed E-state index contributed by atoms with van der Waals surface area (Å²) >= 11 is 13.5. The van der Waals surface area contributed by atoms with Gasteiger partial charge in [0.2, 0.25) is 5.91 Å². The molecule has 0 unspecified atom stereocenters. The average Bonchev–Trinajstić information content (AvgIpc) is 3.40. The van der Waals surface area contributed by atoms with Crippen molar-refractivity contribution in [2.45, 2.75) is 58.3 Å². The van der Waals surface area contributed by atoms with Gasteiger partial charge in [-0.2, -0.15) is 10.4 Å². The van der Waals surface area contributed by atoms with E-state index in [-0.39, 0.29) is 91.6 Å². The minimum atomic E-state index is -4.37.